The fourth-order valence-corrected chi connectivity index (χ4v) is 6.74. The molecular formula is C26H34OSi. The highest BCUT2D eigenvalue weighted by Gasteiger charge is 2.34. The van der Waals surface area contributed by atoms with Gasteiger partial charge in [-0.15, -0.1) is 0 Å². The van der Waals surface area contributed by atoms with Crippen LogP contribution in [0.3, 0.4) is 0 Å². The Morgan fingerprint density at radius 1 is 0.893 bits per heavy atom. The first-order chi connectivity index (χ1) is 13.4. The summed E-state index contributed by atoms with van der Waals surface area (Å²) in [6.45, 7) is 9.31. The maximum atomic E-state index is 11.6. The molecule has 2 aromatic rings. The summed E-state index contributed by atoms with van der Waals surface area (Å²) >= 11 is 0. The zero-order valence-corrected chi connectivity index (χ0v) is 18.8. The molecule has 2 atom stereocenters. The van der Waals surface area contributed by atoms with Crippen molar-refractivity contribution in [1.82, 2.24) is 0 Å². The normalized spacial score (nSPS) is 20.7. The summed E-state index contributed by atoms with van der Waals surface area (Å²) in [6.07, 6.45) is 6.62. The highest BCUT2D eigenvalue weighted by Crippen LogP contribution is 2.39. The predicted octanol–water partition coefficient (Wildman–Crippen LogP) is 6.98. The molecule has 0 bridgehead atoms. The SMILES string of the molecule is CC(c1ccccc1)C(O)/C(=C1/CCCC/C1=C\c1ccccc1)[Si](C)(C)C. The molecule has 1 fully saturated rings. The van der Waals surface area contributed by atoms with Gasteiger partial charge in [-0.25, -0.2) is 0 Å². The third-order valence-corrected chi connectivity index (χ3v) is 8.09. The Kier molecular flexibility index (Phi) is 6.74. The lowest BCUT2D eigenvalue weighted by molar-refractivity contribution is 0.189. The summed E-state index contributed by atoms with van der Waals surface area (Å²) < 4.78 is 0. The minimum Gasteiger partial charge on any atom is -0.389 e. The van der Waals surface area contributed by atoms with Crippen LogP contribution in [0.25, 0.3) is 6.08 Å². The van der Waals surface area contributed by atoms with Gasteiger partial charge in [0.2, 0.25) is 0 Å². The summed E-state index contributed by atoms with van der Waals surface area (Å²) in [5.74, 6) is 0.107. The summed E-state index contributed by atoms with van der Waals surface area (Å²) in [5, 5.41) is 12.9. The Bertz CT molecular complexity index is 828. The van der Waals surface area contributed by atoms with Crippen molar-refractivity contribution in [3.8, 4) is 0 Å². The van der Waals surface area contributed by atoms with E-state index in [1.807, 2.05) is 6.07 Å². The minimum atomic E-state index is -1.70. The number of allylic oxidation sites excluding steroid dienone is 2. The van der Waals surface area contributed by atoms with Crippen molar-refractivity contribution in [1.29, 1.82) is 0 Å². The fraction of sp³-hybridized carbons (Fsp3) is 0.385. The molecule has 2 unspecified atom stereocenters. The second-order valence-corrected chi connectivity index (χ2v) is 14.1. The van der Waals surface area contributed by atoms with Crippen molar-refractivity contribution in [2.24, 2.45) is 0 Å². The van der Waals surface area contributed by atoms with E-state index in [2.05, 4.69) is 87.2 Å². The van der Waals surface area contributed by atoms with Gasteiger partial charge in [-0.2, -0.15) is 0 Å². The molecule has 28 heavy (non-hydrogen) atoms. The average Bonchev–Trinajstić information content (AvgIpc) is 2.69. The Morgan fingerprint density at radius 2 is 1.46 bits per heavy atom. The van der Waals surface area contributed by atoms with Gasteiger partial charge in [0, 0.05) is 5.92 Å². The maximum Gasteiger partial charge on any atom is 0.0786 e. The molecule has 0 heterocycles. The van der Waals surface area contributed by atoms with Crippen LogP contribution in [0.4, 0.5) is 0 Å². The van der Waals surface area contributed by atoms with Gasteiger partial charge in [-0.3, -0.25) is 0 Å². The smallest absolute Gasteiger partial charge is 0.0786 e. The second kappa shape index (κ2) is 9.06. The second-order valence-electron chi connectivity index (χ2n) is 9.07. The zero-order valence-electron chi connectivity index (χ0n) is 17.8. The Hall–Kier alpha value is -1.90. The molecule has 1 aliphatic rings. The summed E-state index contributed by atoms with van der Waals surface area (Å²) in [7, 11) is -1.70. The van der Waals surface area contributed by atoms with E-state index >= 15 is 0 Å². The van der Waals surface area contributed by atoms with E-state index < -0.39 is 14.2 Å². The first kappa shape index (κ1) is 20.8. The van der Waals surface area contributed by atoms with E-state index in [0.717, 1.165) is 12.8 Å². The molecular weight excluding hydrogens is 356 g/mol. The van der Waals surface area contributed by atoms with Crippen molar-refractivity contribution >= 4 is 14.1 Å². The fourth-order valence-electron chi connectivity index (χ4n) is 4.41. The van der Waals surface area contributed by atoms with Gasteiger partial charge in [-0.1, -0.05) is 93.3 Å². The third kappa shape index (κ3) is 4.92. The van der Waals surface area contributed by atoms with Crippen LogP contribution >= 0.6 is 0 Å². The molecule has 1 N–H and O–H groups in total. The molecule has 1 nitrogen and oxygen atoms in total. The van der Waals surface area contributed by atoms with Gasteiger partial charge < -0.3 is 5.11 Å². The first-order valence-electron chi connectivity index (χ1n) is 10.6. The quantitative estimate of drug-likeness (QED) is 0.546. The average molecular weight is 391 g/mol. The Balaban J connectivity index is 2.07. The van der Waals surface area contributed by atoms with Gasteiger partial charge in [0.15, 0.2) is 0 Å². The lowest BCUT2D eigenvalue weighted by atomic mass is 9.85. The van der Waals surface area contributed by atoms with Crippen LogP contribution in [0.1, 0.15) is 49.7 Å². The summed E-state index contributed by atoms with van der Waals surface area (Å²) in [4.78, 5) is 0. The highest BCUT2D eigenvalue weighted by atomic mass is 28.3. The van der Waals surface area contributed by atoms with Crippen molar-refractivity contribution < 1.29 is 5.11 Å². The lowest BCUT2D eigenvalue weighted by Gasteiger charge is -2.35. The number of benzene rings is 2. The highest BCUT2D eigenvalue weighted by molar-refractivity contribution is 6.83. The molecule has 0 saturated heterocycles. The molecule has 0 aromatic heterocycles. The molecule has 0 amide bonds. The van der Waals surface area contributed by atoms with Crippen LogP contribution in [0.5, 0.6) is 0 Å². The molecule has 148 valence electrons. The van der Waals surface area contributed by atoms with Crippen LogP contribution in [0.15, 0.2) is 77.0 Å². The van der Waals surface area contributed by atoms with Gasteiger partial charge >= 0.3 is 0 Å². The number of hydrogen-bond donors (Lipinski definition) is 1. The molecule has 0 aliphatic heterocycles. The van der Waals surface area contributed by atoms with E-state index in [-0.39, 0.29) is 5.92 Å². The van der Waals surface area contributed by atoms with Crippen LogP contribution < -0.4 is 0 Å². The molecule has 2 heteroatoms. The number of aliphatic hydroxyl groups is 1. The van der Waals surface area contributed by atoms with E-state index in [0.29, 0.717) is 0 Å². The number of hydrogen-bond acceptors (Lipinski definition) is 1. The Labute approximate surface area is 171 Å². The van der Waals surface area contributed by atoms with Crippen LogP contribution in [-0.4, -0.2) is 19.3 Å². The van der Waals surface area contributed by atoms with Crippen molar-refractivity contribution in [3.05, 3.63) is 88.1 Å². The predicted molar refractivity (Wildman–Crippen MR) is 124 cm³/mol. The van der Waals surface area contributed by atoms with Crippen LogP contribution in [0, 0.1) is 0 Å². The van der Waals surface area contributed by atoms with E-state index in [4.69, 9.17) is 0 Å². The number of rotatable bonds is 5. The zero-order chi connectivity index (χ0) is 20.1. The monoisotopic (exact) mass is 390 g/mol. The first-order valence-corrected chi connectivity index (χ1v) is 14.1. The molecule has 2 aromatic carbocycles. The minimum absolute atomic E-state index is 0.107. The van der Waals surface area contributed by atoms with E-state index in [1.165, 1.54) is 40.3 Å². The largest absolute Gasteiger partial charge is 0.389 e. The topological polar surface area (TPSA) is 20.2 Å². The maximum absolute atomic E-state index is 11.6. The van der Waals surface area contributed by atoms with Gasteiger partial charge in [-0.05, 0) is 53.2 Å². The van der Waals surface area contributed by atoms with E-state index in [9.17, 15) is 5.11 Å². The van der Waals surface area contributed by atoms with E-state index in [1.54, 1.807) is 0 Å². The van der Waals surface area contributed by atoms with Gasteiger partial charge in [0.25, 0.3) is 0 Å². The standard InChI is InChI=1S/C26H34OSi/c1-20(22-15-9-6-10-16-22)25(27)26(28(2,3)4)24-18-12-11-17-23(24)19-21-13-7-5-8-14-21/h5-10,13-16,19-20,25,27H,11-12,17-18H2,1-4H3/b23-19+,26-24+. The molecule has 1 aliphatic carbocycles. The summed E-state index contributed by atoms with van der Waals surface area (Å²) in [6, 6.07) is 21.1. The van der Waals surface area contributed by atoms with Crippen molar-refractivity contribution in [2.75, 3.05) is 0 Å². The van der Waals surface area contributed by atoms with Crippen LogP contribution in [0.2, 0.25) is 19.6 Å². The Morgan fingerprint density at radius 3 is 2.07 bits per heavy atom. The third-order valence-electron chi connectivity index (χ3n) is 5.88. The number of aliphatic hydroxyl groups excluding tert-OH is 1. The van der Waals surface area contributed by atoms with Crippen molar-refractivity contribution in [3.63, 3.8) is 0 Å². The van der Waals surface area contributed by atoms with Gasteiger partial charge in [0.05, 0.1) is 14.2 Å². The molecule has 0 radical (unpaired) electrons. The summed E-state index contributed by atoms with van der Waals surface area (Å²) in [5.41, 5.74) is 5.37. The molecule has 0 spiro atoms. The lowest BCUT2D eigenvalue weighted by Crippen LogP contribution is -2.37. The van der Waals surface area contributed by atoms with Crippen molar-refractivity contribution in [2.45, 2.75) is 64.3 Å². The van der Waals surface area contributed by atoms with Gasteiger partial charge in [0.1, 0.15) is 0 Å². The molecule has 1 saturated carbocycles. The molecule has 3 rings (SSSR count). The van der Waals surface area contributed by atoms with Crippen LogP contribution in [-0.2, 0) is 0 Å².